The molecule has 2 nitrogen and oxygen atoms in total. The van der Waals surface area contributed by atoms with E-state index in [1.165, 1.54) is 5.56 Å². The number of benzene rings is 1. The lowest BCUT2D eigenvalue weighted by Crippen LogP contribution is -2.12. The maximum Gasteiger partial charge on any atom is 0.188 e. The van der Waals surface area contributed by atoms with Crippen LogP contribution in [0.3, 0.4) is 0 Å². The summed E-state index contributed by atoms with van der Waals surface area (Å²) < 4.78 is 5.10. The molecule has 0 saturated carbocycles. The van der Waals surface area contributed by atoms with Gasteiger partial charge in [0.1, 0.15) is 6.61 Å². The van der Waals surface area contributed by atoms with Crippen molar-refractivity contribution >= 4 is 5.78 Å². The van der Waals surface area contributed by atoms with Gasteiger partial charge in [-0.25, -0.2) is 0 Å². The normalized spacial score (nSPS) is 11.5. The third kappa shape index (κ3) is 3.46. The molecule has 0 heterocycles. The van der Waals surface area contributed by atoms with Crippen LogP contribution in [0, 0.1) is 0 Å². The van der Waals surface area contributed by atoms with Crippen LogP contribution in [0.5, 0.6) is 0 Å². The molecule has 1 aromatic carbocycles. The number of hydrogen-bond acceptors (Lipinski definition) is 2. The number of rotatable bonds is 4. The van der Waals surface area contributed by atoms with Crippen LogP contribution in [-0.2, 0) is 10.2 Å². The predicted molar refractivity (Wildman–Crippen MR) is 66.0 cm³/mol. The van der Waals surface area contributed by atoms with Crippen molar-refractivity contribution in [2.24, 2.45) is 0 Å². The molecule has 0 unspecified atom stereocenters. The Morgan fingerprint density at radius 3 is 2.19 bits per heavy atom. The average molecular weight is 220 g/mol. The number of carbonyl (C=O) groups excluding carboxylic acids is 1. The van der Waals surface area contributed by atoms with Crippen LogP contribution in [0.4, 0.5) is 0 Å². The minimum atomic E-state index is 0.0438. The van der Waals surface area contributed by atoms with Crippen molar-refractivity contribution in [3.63, 3.8) is 0 Å². The maximum absolute atomic E-state index is 11.6. The average Bonchev–Trinajstić information content (AvgIpc) is 2.25. The fourth-order valence-electron chi connectivity index (χ4n) is 1.43. The van der Waals surface area contributed by atoms with E-state index in [-0.39, 0.29) is 17.8 Å². The van der Waals surface area contributed by atoms with E-state index in [9.17, 15) is 4.79 Å². The number of ether oxygens (including phenoxy) is 1. The van der Waals surface area contributed by atoms with Gasteiger partial charge < -0.3 is 4.74 Å². The first-order chi connectivity index (χ1) is 7.45. The number of Topliss-reactive ketones (excluding diaryl/α,β-unsaturated/α-hetero) is 1. The first-order valence-electron chi connectivity index (χ1n) is 5.66. The molecule has 0 amide bonds. The highest BCUT2D eigenvalue weighted by molar-refractivity contribution is 5.97. The summed E-state index contributed by atoms with van der Waals surface area (Å²) in [4.78, 5) is 11.6. The van der Waals surface area contributed by atoms with E-state index in [4.69, 9.17) is 4.74 Å². The number of ketones is 1. The minimum Gasteiger partial charge on any atom is -0.374 e. The van der Waals surface area contributed by atoms with Crippen LogP contribution in [0.2, 0.25) is 0 Å². The molecule has 0 saturated heterocycles. The summed E-state index contributed by atoms with van der Waals surface area (Å²) >= 11 is 0. The quantitative estimate of drug-likeness (QED) is 0.728. The standard InChI is InChI=1S/C14H20O2/c1-5-16-10-13(15)11-6-8-12(9-7-11)14(2,3)4/h6-9H,5,10H2,1-4H3. The van der Waals surface area contributed by atoms with Crippen molar-refractivity contribution < 1.29 is 9.53 Å². The Balaban J connectivity index is 2.75. The van der Waals surface area contributed by atoms with E-state index in [2.05, 4.69) is 20.8 Å². The van der Waals surface area contributed by atoms with Crippen molar-refractivity contribution in [1.29, 1.82) is 0 Å². The minimum absolute atomic E-state index is 0.0438. The second-order valence-corrected chi connectivity index (χ2v) is 4.89. The first kappa shape index (κ1) is 12.9. The Hall–Kier alpha value is -1.15. The van der Waals surface area contributed by atoms with E-state index in [1.54, 1.807) is 0 Å². The Morgan fingerprint density at radius 2 is 1.75 bits per heavy atom. The lowest BCUT2D eigenvalue weighted by atomic mass is 9.86. The first-order valence-corrected chi connectivity index (χ1v) is 5.66. The Bertz CT molecular complexity index is 344. The zero-order valence-electron chi connectivity index (χ0n) is 10.5. The Kier molecular flexibility index (Phi) is 4.25. The van der Waals surface area contributed by atoms with Crippen molar-refractivity contribution in [2.45, 2.75) is 33.1 Å². The van der Waals surface area contributed by atoms with Crippen LogP contribution >= 0.6 is 0 Å². The zero-order valence-corrected chi connectivity index (χ0v) is 10.5. The highest BCUT2D eigenvalue weighted by Crippen LogP contribution is 2.22. The molecule has 0 atom stereocenters. The summed E-state index contributed by atoms with van der Waals surface area (Å²) in [5.41, 5.74) is 2.09. The van der Waals surface area contributed by atoms with Gasteiger partial charge in [0.2, 0.25) is 0 Å². The molecule has 0 radical (unpaired) electrons. The molecule has 0 aliphatic heterocycles. The molecule has 0 fully saturated rings. The van der Waals surface area contributed by atoms with E-state index in [1.807, 2.05) is 31.2 Å². The predicted octanol–water partition coefficient (Wildman–Crippen LogP) is 3.20. The highest BCUT2D eigenvalue weighted by atomic mass is 16.5. The van der Waals surface area contributed by atoms with Gasteiger partial charge in [0.15, 0.2) is 5.78 Å². The zero-order chi connectivity index (χ0) is 12.2. The summed E-state index contributed by atoms with van der Waals surface area (Å²) in [6.07, 6.45) is 0. The topological polar surface area (TPSA) is 26.3 Å². The molecule has 1 aromatic rings. The van der Waals surface area contributed by atoms with Crippen molar-refractivity contribution in [3.05, 3.63) is 35.4 Å². The van der Waals surface area contributed by atoms with Gasteiger partial charge in [-0.2, -0.15) is 0 Å². The molecule has 0 spiro atoms. The lowest BCUT2D eigenvalue weighted by molar-refractivity contribution is 0.0783. The fraction of sp³-hybridized carbons (Fsp3) is 0.500. The van der Waals surface area contributed by atoms with Crippen LogP contribution in [0.1, 0.15) is 43.6 Å². The van der Waals surface area contributed by atoms with Crippen LogP contribution in [0.25, 0.3) is 0 Å². The summed E-state index contributed by atoms with van der Waals surface area (Å²) in [5.74, 6) is 0.0438. The molecule has 88 valence electrons. The molecule has 0 N–H and O–H groups in total. The van der Waals surface area contributed by atoms with Gasteiger partial charge in [-0.1, -0.05) is 45.0 Å². The van der Waals surface area contributed by atoms with Crippen molar-refractivity contribution in [1.82, 2.24) is 0 Å². The monoisotopic (exact) mass is 220 g/mol. The third-order valence-corrected chi connectivity index (χ3v) is 2.51. The second-order valence-electron chi connectivity index (χ2n) is 4.89. The van der Waals surface area contributed by atoms with Gasteiger partial charge in [0, 0.05) is 12.2 Å². The van der Waals surface area contributed by atoms with Gasteiger partial charge in [0.25, 0.3) is 0 Å². The summed E-state index contributed by atoms with van der Waals surface area (Å²) in [7, 11) is 0. The van der Waals surface area contributed by atoms with Gasteiger partial charge in [0.05, 0.1) is 0 Å². The maximum atomic E-state index is 11.6. The molecule has 16 heavy (non-hydrogen) atoms. The van der Waals surface area contributed by atoms with Crippen molar-refractivity contribution in [2.75, 3.05) is 13.2 Å². The van der Waals surface area contributed by atoms with Crippen LogP contribution in [-0.4, -0.2) is 19.0 Å². The van der Waals surface area contributed by atoms with Gasteiger partial charge in [-0.15, -0.1) is 0 Å². The van der Waals surface area contributed by atoms with E-state index in [0.717, 1.165) is 5.56 Å². The molecule has 0 bridgehead atoms. The Morgan fingerprint density at radius 1 is 1.19 bits per heavy atom. The number of hydrogen-bond donors (Lipinski definition) is 0. The van der Waals surface area contributed by atoms with Crippen LogP contribution in [0.15, 0.2) is 24.3 Å². The van der Waals surface area contributed by atoms with Crippen molar-refractivity contribution in [3.8, 4) is 0 Å². The SMILES string of the molecule is CCOCC(=O)c1ccc(C(C)(C)C)cc1. The Labute approximate surface area is 97.6 Å². The molecule has 2 heteroatoms. The highest BCUT2D eigenvalue weighted by Gasteiger charge is 2.14. The lowest BCUT2D eigenvalue weighted by Gasteiger charge is -2.18. The van der Waals surface area contributed by atoms with Crippen LogP contribution < -0.4 is 0 Å². The number of carbonyl (C=O) groups is 1. The summed E-state index contributed by atoms with van der Waals surface area (Å²) in [6, 6.07) is 7.78. The summed E-state index contributed by atoms with van der Waals surface area (Å²) in [5, 5.41) is 0. The second kappa shape index (κ2) is 5.26. The van der Waals surface area contributed by atoms with E-state index < -0.39 is 0 Å². The largest absolute Gasteiger partial charge is 0.374 e. The molecular formula is C14H20O2. The third-order valence-electron chi connectivity index (χ3n) is 2.51. The fourth-order valence-corrected chi connectivity index (χ4v) is 1.43. The van der Waals surface area contributed by atoms with Gasteiger partial charge in [-0.05, 0) is 17.9 Å². The molecule has 0 aromatic heterocycles. The summed E-state index contributed by atoms with van der Waals surface area (Å²) in [6.45, 7) is 9.10. The van der Waals surface area contributed by atoms with E-state index in [0.29, 0.717) is 6.61 Å². The molecular weight excluding hydrogens is 200 g/mol. The molecule has 1 rings (SSSR count). The smallest absolute Gasteiger partial charge is 0.188 e. The van der Waals surface area contributed by atoms with Gasteiger partial charge in [-0.3, -0.25) is 4.79 Å². The van der Waals surface area contributed by atoms with E-state index >= 15 is 0 Å². The molecule has 0 aliphatic carbocycles. The molecule has 0 aliphatic rings. The van der Waals surface area contributed by atoms with Gasteiger partial charge >= 0.3 is 0 Å².